The van der Waals surface area contributed by atoms with Gasteiger partial charge < -0.3 is 38.4 Å². The van der Waals surface area contributed by atoms with Crippen LogP contribution in [0, 0.1) is 0 Å². The van der Waals surface area contributed by atoms with Gasteiger partial charge in [-0.2, -0.15) is 0 Å². The second-order valence-corrected chi connectivity index (χ2v) is 11.9. The third kappa shape index (κ3) is 9.09. The first kappa shape index (κ1) is 34.2. The van der Waals surface area contributed by atoms with E-state index in [1.807, 2.05) is 12.1 Å². The maximum absolute atomic E-state index is 13.8. The van der Waals surface area contributed by atoms with Gasteiger partial charge in [0.25, 0.3) is 0 Å². The highest BCUT2D eigenvalue weighted by Crippen LogP contribution is 2.42. The number of esters is 3. The Kier molecular flexibility index (Phi) is 11.9. The molecular weight excluding hydrogens is 558 g/mol. The van der Waals surface area contributed by atoms with E-state index in [-0.39, 0.29) is 25.4 Å². The Hall–Kier alpha value is -3.31. The molecule has 0 aromatic heterocycles. The molecule has 0 radical (unpaired) electrons. The molecule has 0 aliphatic carbocycles. The lowest BCUT2D eigenvalue weighted by Gasteiger charge is -2.34. The average molecular weight is 606 g/mol. The SMILES string of the molecule is C=C(OC)[C@@H](OC(=O)[C@@](O)(CCCC(C)(C)OC(C)=O)CC(=O)OC)C1CN(CCCC)CCc2cc3c(cc21)OCO3. The maximum Gasteiger partial charge on any atom is 0.339 e. The fourth-order valence-electron chi connectivity index (χ4n) is 5.69. The Morgan fingerprint density at radius 2 is 1.81 bits per heavy atom. The summed E-state index contributed by atoms with van der Waals surface area (Å²) in [6, 6.07) is 3.90. The summed E-state index contributed by atoms with van der Waals surface area (Å²) >= 11 is 0. The summed E-state index contributed by atoms with van der Waals surface area (Å²) in [6.45, 7) is 13.3. The largest absolute Gasteiger partial charge is 0.498 e. The molecule has 1 aromatic carbocycles. The van der Waals surface area contributed by atoms with Gasteiger partial charge in [0.1, 0.15) is 11.4 Å². The number of carbonyl (C=O) groups excluding carboxylic acids is 3. The lowest BCUT2D eigenvalue weighted by atomic mass is 9.87. The first-order chi connectivity index (χ1) is 20.3. The highest BCUT2D eigenvalue weighted by Gasteiger charge is 2.44. The van der Waals surface area contributed by atoms with Gasteiger partial charge in [0.2, 0.25) is 6.79 Å². The molecule has 11 nitrogen and oxygen atoms in total. The van der Waals surface area contributed by atoms with E-state index in [0.29, 0.717) is 24.5 Å². The van der Waals surface area contributed by atoms with Gasteiger partial charge in [-0.05, 0) is 75.8 Å². The first-order valence-electron chi connectivity index (χ1n) is 14.9. The van der Waals surface area contributed by atoms with Gasteiger partial charge in [-0.3, -0.25) is 9.59 Å². The minimum atomic E-state index is -2.20. The lowest BCUT2D eigenvalue weighted by Crippen LogP contribution is -2.46. The molecule has 2 heterocycles. The van der Waals surface area contributed by atoms with Crippen molar-refractivity contribution in [3.8, 4) is 11.5 Å². The fourth-order valence-corrected chi connectivity index (χ4v) is 5.69. The third-order valence-corrected chi connectivity index (χ3v) is 8.03. The standard InChI is InChI=1S/C32H47NO10/c1-8-9-14-33-15-11-23-16-26-27(41-20-40-26)17-24(23)25(19-33)29(21(2)38-6)42-30(36)32(37,18-28(35)39-7)13-10-12-31(4,5)43-22(3)34/h16-17,25,29,37H,2,8-15,18-20H2,1,3-7H3/t25?,29-,32-/m1/s1. The van der Waals surface area contributed by atoms with Crippen LogP contribution < -0.4 is 9.47 Å². The van der Waals surface area contributed by atoms with E-state index in [2.05, 4.69) is 18.4 Å². The van der Waals surface area contributed by atoms with Crippen LogP contribution >= 0.6 is 0 Å². The second-order valence-electron chi connectivity index (χ2n) is 11.9. The summed E-state index contributed by atoms with van der Waals surface area (Å²) in [4.78, 5) is 40.0. The highest BCUT2D eigenvalue weighted by atomic mass is 16.7. The number of ether oxygens (including phenoxy) is 6. The minimum absolute atomic E-state index is 0.125. The number of nitrogens with zero attached hydrogens (tertiary/aromatic N) is 1. The normalized spacial score (nSPS) is 18.4. The van der Waals surface area contributed by atoms with E-state index in [9.17, 15) is 19.5 Å². The Labute approximate surface area is 254 Å². The van der Waals surface area contributed by atoms with E-state index in [1.54, 1.807) is 13.8 Å². The van der Waals surface area contributed by atoms with Crippen molar-refractivity contribution < 1.29 is 47.9 Å². The summed E-state index contributed by atoms with van der Waals surface area (Å²) in [6.07, 6.45) is 1.68. The fraction of sp³-hybridized carbons (Fsp3) is 0.656. The average Bonchev–Trinajstić information content (AvgIpc) is 3.33. The number of rotatable bonds is 15. The van der Waals surface area contributed by atoms with E-state index in [4.69, 9.17) is 28.4 Å². The molecule has 0 bridgehead atoms. The predicted octanol–water partition coefficient (Wildman–Crippen LogP) is 4.04. The number of fused-ring (bicyclic) bond motifs is 2. The zero-order valence-corrected chi connectivity index (χ0v) is 26.4. The van der Waals surface area contributed by atoms with Crippen LogP contribution in [0.3, 0.4) is 0 Å². The molecule has 0 amide bonds. The van der Waals surface area contributed by atoms with Crippen LogP contribution in [0.25, 0.3) is 0 Å². The van der Waals surface area contributed by atoms with Crippen LogP contribution in [0.5, 0.6) is 11.5 Å². The predicted molar refractivity (Wildman–Crippen MR) is 158 cm³/mol. The molecule has 1 N–H and O–H groups in total. The molecule has 0 fully saturated rings. The second kappa shape index (κ2) is 14.9. The summed E-state index contributed by atoms with van der Waals surface area (Å²) in [5, 5.41) is 11.6. The first-order valence-corrected chi connectivity index (χ1v) is 14.9. The van der Waals surface area contributed by atoms with Crippen LogP contribution in [0.2, 0.25) is 0 Å². The van der Waals surface area contributed by atoms with Gasteiger partial charge in [-0.1, -0.05) is 19.9 Å². The molecule has 1 aromatic rings. The molecular formula is C32H47NO10. The Bertz CT molecular complexity index is 1170. The summed E-state index contributed by atoms with van der Waals surface area (Å²) in [7, 11) is 2.64. The van der Waals surface area contributed by atoms with Crippen molar-refractivity contribution in [1.29, 1.82) is 0 Å². The molecule has 3 atom stereocenters. The van der Waals surface area contributed by atoms with Crippen molar-refractivity contribution in [2.75, 3.05) is 40.6 Å². The molecule has 0 spiro atoms. The summed E-state index contributed by atoms with van der Waals surface area (Å²) < 4.78 is 33.1. The number of methoxy groups -OCH3 is 2. The molecule has 3 rings (SSSR count). The van der Waals surface area contributed by atoms with Crippen LogP contribution in [0.1, 0.15) is 83.3 Å². The third-order valence-electron chi connectivity index (χ3n) is 8.03. The smallest absolute Gasteiger partial charge is 0.339 e. The maximum atomic E-state index is 13.8. The van der Waals surface area contributed by atoms with Crippen LogP contribution in [0.4, 0.5) is 0 Å². The molecule has 240 valence electrons. The highest BCUT2D eigenvalue weighted by molar-refractivity contribution is 5.86. The quantitative estimate of drug-likeness (QED) is 0.177. The van der Waals surface area contributed by atoms with E-state index >= 15 is 0 Å². The molecule has 0 saturated carbocycles. The number of hydrogen-bond donors (Lipinski definition) is 1. The Morgan fingerprint density at radius 3 is 2.44 bits per heavy atom. The van der Waals surface area contributed by atoms with Crippen LogP contribution in [-0.4, -0.2) is 85.9 Å². The van der Waals surface area contributed by atoms with E-state index in [0.717, 1.165) is 43.5 Å². The lowest BCUT2D eigenvalue weighted by molar-refractivity contribution is -0.178. The zero-order chi connectivity index (χ0) is 31.8. The van der Waals surface area contributed by atoms with Gasteiger partial charge in [-0.25, -0.2) is 4.79 Å². The monoisotopic (exact) mass is 605 g/mol. The molecule has 2 aliphatic heterocycles. The number of benzene rings is 1. The summed E-state index contributed by atoms with van der Waals surface area (Å²) in [5.74, 6) is -1.12. The van der Waals surface area contributed by atoms with Gasteiger partial charge in [-0.15, -0.1) is 0 Å². The van der Waals surface area contributed by atoms with Crippen molar-refractivity contribution in [2.24, 2.45) is 0 Å². The minimum Gasteiger partial charge on any atom is -0.498 e. The van der Waals surface area contributed by atoms with Gasteiger partial charge in [0.05, 0.1) is 20.6 Å². The van der Waals surface area contributed by atoms with Crippen molar-refractivity contribution in [3.05, 3.63) is 35.6 Å². The molecule has 43 heavy (non-hydrogen) atoms. The van der Waals surface area contributed by atoms with Crippen LogP contribution in [-0.2, 0) is 39.8 Å². The number of aliphatic hydroxyl groups is 1. The van der Waals surface area contributed by atoms with Gasteiger partial charge in [0.15, 0.2) is 23.2 Å². The van der Waals surface area contributed by atoms with E-state index < -0.39 is 47.6 Å². The van der Waals surface area contributed by atoms with Gasteiger partial charge >= 0.3 is 17.9 Å². The number of hydrogen-bond acceptors (Lipinski definition) is 11. The summed E-state index contributed by atoms with van der Waals surface area (Å²) in [5.41, 5.74) is -1.07. The Morgan fingerprint density at radius 1 is 1.12 bits per heavy atom. The topological polar surface area (TPSA) is 130 Å². The van der Waals surface area contributed by atoms with Crippen molar-refractivity contribution in [1.82, 2.24) is 4.90 Å². The van der Waals surface area contributed by atoms with Crippen molar-refractivity contribution in [3.63, 3.8) is 0 Å². The molecule has 1 unspecified atom stereocenters. The van der Waals surface area contributed by atoms with Crippen molar-refractivity contribution in [2.45, 2.75) is 95.9 Å². The molecule has 2 aliphatic rings. The van der Waals surface area contributed by atoms with Crippen LogP contribution in [0.15, 0.2) is 24.5 Å². The number of unbranched alkanes of at least 4 members (excludes halogenated alkanes) is 1. The zero-order valence-electron chi connectivity index (χ0n) is 26.4. The molecule has 0 saturated heterocycles. The van der Waals surface area contributed by atoms with E-state index in [1.165, 1.54) is 21.1 Å². The van der Waals surface area contributed by atoms with Crippen molar-refractivity contribution >= 4 is 17.9 Å². The number of carbonyl (C=O) groups is 3. The Balaban J connectivity index is 1.94. The molecule has 11 heteroatoms. The van der Waals surface area contributed by atoms with Gasteiger partial charge in [0, 0.05) is 25.9 Å².